The molecule has 6 nitrogen and oxygen atoms in total. The van der Waals surface area contributed by atoms with Crippen LogP contribution in [0, 0.1) is 0 Å². The van der Waals surface area contributed by atoms with Gasteiger partial charge in [-0.1, -0.05) is 25.0 Å². The van der Waals surface area contributed by atoms with Crippen LogP contribution in [-0.4, -0.2) is 35.6 Å². The molecule has 1 amide bonds. The van der Waals surface area contributed by atoms with Crippen molar-refractivity contribution in [1.29, 1.82) is 0 Å². The summed E-state index contributed by atoms with van der Waals surface area (Å²) in [7, 11) is 1.62. The number of pyridine rings is 1. The fourth-order valence-corrected chi connectivity index (χ4v) is 2.56. The zero-order valence-corrected chi connectivity index (χ0v) is 14.9. The van der Waals surface area contributed by atoms with E-state index >= 15 is 0 Å². The van der Waals surface area contributed by atoms with Gasteiger partial charge in [0.15, 0.2) is 0 Å². The number of hydrogen-bond acceptors (Lipinski definition) is 4. The van der Waals surface area contributed by atoms with E-state index in [1.807, 2.05) is 30.3 Å². The Hall–Kier alpha value is -2.89. The number of carboxylic acids is 1. The molecule has 1 aromatic heterocycles. The number of amides is 1. The average molecular weight is 356 g/mol. The Labute approximate surface area is 153 Å². The maximum Gasteiger partial charge on any atom is 0.303 e. The molecule has 138 valence electrons. The van der Waals surface area contributed by atoms with Crippen molar-refractivity contribution < 1.29 is 19.4 Å². The van der Waals surface area contributed by atoms with Gasteiger partial charge in [-0.05, 0) is 36.6 Å². The third-order valence-electron chi connectivity index (χ3n) is 4.03. The van der Waals surface area contributed by atoms with Crippen molar-refractivity contribution in [3.05, 3.63) is 48.3 Å². The molecule has 0 aliphatic rings. The largest absolute Gasteiger partial charge is 0.497 e. The lowest BCUT2D eigenvalue weighted by molar-refractivity contribution is -0.137. The highest BCUT2D eigenvalue weighted by Crippen LogP contribution is 2.22. The van der Waals surface area contributed by atoms with Crippen molar-refractivity contribution in [2.24, 2.45) is 0 Å². The minimum atomic E-state index is -0.762. The molecule has 6 heteroatoms. The number of nitrogens with one attached hydrogen (secondary N) is 1. The number of hydrogen-bond donors (Lipinski definition) is 2. The quantitative estimate of drug-likeness (QED) is 0.636. The topological polar surface area (TPSA) is 88.5 Å². The van der Waals surface area contributed by atoms with Gasteiger partial charge in [-0.25, -0.2) is 0 Å². The van der Waals surface area contributed by atoms with E-state index < -0.39 is 5.97 Å². The number of carbonyl (C=O) groups is 2. The number of carbonyl (C=O) groups excluding carboxylic acids is 1. The second-order valence-corrected chi connectivity index (χ2v) is 6.00. The molecule has 26 heavy (non-hydrogen) atoms. The Morgan fingerprint density at radius 2 is 1.77 bits per heavy atom. The first-order valence-electron chi connectivity index (χ1n) is 8.69. The number of aromatic nitrogens is 1. The molecule has 2 aromatic rings. The minimum absolute atomic E-state index is 0.154. The van der Waals surface area contributed by atoms with E-state index in [1.54, 1.807) is 19.5 Å². The number of nitrogens with zero attached hydrogens (tertiary/aromatic N) is 1. The van der Waals surface area contributed by atoms with Gasteiger partial charge in [-0.3, -0.25) is 14.6 Å². The Bertz CT molecular complexity index is 729. The zero-order valence-electron chi connectivity index (χ0n) is 14.9. The van der Waals surface area contributed by atoms with Crippen LogP contribution in [-0.2, 0) is 4.79 Å². The van der Waals surface area contributed by atoms with E-state index in [0.29, 0.717) is 18.5 Å². The highest BCUT2D eigenvalue weighted by atomic mass is 16.5. The molecule has 0 saturated heterocycles. The lowest BCUT2D eigenvalue weighted by Crippen LogP contribution is -2.24. The minimum Gasteiger partial charge on any atom is -0.497 e. The second-order valence-electron chi connectivity index (χ2n) is 6.00. The normalized spacial score (nSPS) is 10.3. The molecular weight excluding hydrogens is 332 g/mol. The molecule has 0 aliphatic carbocycles. The Morgan fingerprint density at radius 1 is 1.04 bits per heavy atom. The first-order valence-corrected chi connectivity index (χ1v) is 8.69. The molecule has 2 rings (SSSR count). The Morgan fingerprint density at radius 3 is 2.46 bits per heavy atom. The summed E-state index contributed by atoms with van der Waals surface area (Å²) in [4.78, 5) is 26.8. The van der Waals surface area contributed by atoms with Gasteiger partial charge in [0.05, 0.1) is 12.7 Å². The summed E-state index contributed by atoms with van der Waals surface area (Å²) in [5.74, 6) is -0.139. The number of benzene rings is 1. The summed E-state index contributed by atoms with van der Waals surface area (Å²) in [6.07, 6.45) is 6.74. The van der Waals surface area contributed by atoms with Crippen LogP contribution in [0.3, 0.4) is 0 Å². The lowest BCUT2D eigenvalue weighted by Gasteiger charge is -2.07. The summed E-state index contributed by atoms with van der Waals surface area (Å²) < 4.78 is 5.15. The highest BCUT2D eigenvalue weighted by Gasteiger charge is 2.08. The molecule has 0 fully saturated rings. The van der Waals surface area contributed by atoms with Crippen molar-refractivity contribution in [3.63, 3.8) is 0 Å². The maximum atomic E-state index is 12.3. The van der Waals surface area contributed by atoms with Gasteiger partial charge >= 0.3 is 5.97 Å². The summed E-state index contributed by atoms with van der Waals surface area (Å²) in [6.45, 7) is 0.568. The standard InChI is InChI=1S/C20H24N2O4/c1-26-18-9-7-15(8-10-18)16-12-17(14-21-13-16)20(25)22-11-5-3-2-4-6-19(23)24/h7-10,12-14H,2-6,11H2,1H3,(H,22,25)(H,23,24). The van der Waals surface area contributed by atoms with Gasteiger partial charge in [0.25, 0.3) is 5.91 Å². The van der Waals surface area contributed by atoms with E-state index in [2.05, 4.69) is 10.3 Å². The fraction of sp³-hybridized carbons (Fsp3) is 0.350. The summed E-state index contributed by atoms with van der Waals surface area (Å²) >= 11 is 0. The third kappa shape index (κ3) is 6.20. The molecule has 0 atom stereocenters. The smallest absolute Gasteiger partial charge is 0.303 e. The molecule has 2 N–H and O–H groups in total. The number of rotatable bonds is 10. The van der Waals surface area contributed by atoms with E-state index in [-0.39, 0.29) is 12.3 Å². The van der Waals surface area contributed by atoms with Crippen molar-refractivity contribution in [3.8, 4) is 16.9 Å². The van der Waals surface area contributed by atoms with E-state index in [0.717, 1.165) is 36.1 Å². The summed E-state index contributed by atoms with van der Waals surface area (Å²) in [5, 5.41) is 11.5. The molecule has 1 heterocycles. The number of carboxylic acid groups (broad SMARTS) is 1. The predicted octanol–water partition coefficient (Wildman–Crippen LogP) is 3.52. The molecule has 0 spiro atoms. The predicted molar refractivity (Wildman–Crippen MR) is 99.3 cm³/mol. The monoisotopic (exact) mass is 356 g/mol. The van der Waals surface area contributed by atoms with E-state index in [1.165, 1.54) is 0 Å². The van der Waals surface area contributed by atoms with Gasteiger partial charge in [0, 0.05) is 30.9 Å². The van der Waals surface area contributed by atoms with E-state index in [9.17, 15) is 9.59 Å². The molecular formula is C20H24N2O4. The number of ether oxygens (including phenoxy) is 1. The second kappa shape index (κ2) is 10.2. The molecule has 1 aromatic carbocycles. The maximum absolute atomic E-state index is 12.3. The first-order chi connectivity index (χ1) is 12.6. The lowest BCUT2D eigenvalue weighted by atomic mass is 10.1. The van der Waals surface area contributed by atoms with Crippen LogP contribution in [0.1, 0.15) is 42.5 Å². The number of aliphatic carboxylic acids is 1. The average Bonchev–Trinajstić information content (AvgIpc) is 2.67. The van der Waals surface area contributed by atoms with Crippen LogP contribution in [0.15, 0.2) is 42.7 Å². The molecule has 0 saturated carbocycles. The van der Waals surface area contributed by atoms with Gasteiger partial charge in [-0.2, -0.15) is 0 Å². The van der Waals surface area contributed by atoms with Crippen LogP contribution in [0.4, 0.5) is 0 Å². The molecule has 0 radical (unpaired) electrons. The van der Waals surface area contributed by atoms with Gasteiger partial charge < -0.3 is 15.2 Å². The molecule has 0 unspecified atom stereocenters. The van der Waals surface area contributed by atoms with Crippen molar-refractivity contribution in [2.45, 2.75) is 32.1 Å². The fourth-order valence-electron chi connectivity index (χ4n) is 2.56. The zero-order chi connectivity index (χ0) is 18.8. The molecule has 0 aliphatic heterocycles. The Kier molecular flexibility index (Phi) is 7.61. The summed E-state index contributed by atoms with van der Waals surface area (Å²) in [5.41, 5.74) is 2.35. The SMILES string of the molecule is COc1ccc(-c2cncc(C(=O)NCCCCCCC(=O)O)c2)cc1. The van der Waals surface area contributed by atoms with Crippen molar-refractivity contribution in [1.82, 2.24) is 10.3 Å². The number of unbranched alkanes of at least 4 members (excludes halogenated alkanes) is 3. The van der Waals surface area contributed by atoms with Crippen molar-refractivity contribution in [2.75, 3.05) is 13.7 Å². The molecule has 0 bridgehead atoms. The first kappa shape index (κ1) is 19.4. The summed E-state index contributed by atoms with van der Waals surface area (Å²) in [6, 6.07) is 9.40. The van der Waals surface area contributed by atoms with Crippen LogP contribution >= 0.6 is 0 Å². The number of methoxy groups -OCH3 is 1. The van der Waals surface area contributed by atoms with Gasteiger partial charge in [0.2, 0.25) is 0 Å². The van der Waals surface area contributed by atoms with Crippen LogP contribution in [0.2, 0.25) is 0 Å². The van der Waals surface area contributed by atoms with Crippen LogP contribution < -0.4 is 10.1 Å². The third-order valence-corrected chi connectivity index (χ3v) is 4.03. The van der Waals surface area contributed by atoms with Crippen molar-refractivity contribution >= 4 is 11.9 Å². The Balaban J connectivity index is 1.82. The van der Waals surface area contributed by atoms with Gasteiger partial charge in [-0.15, -0.1) is 0 Å². The van der Waals surface area contributed by atoms with Crippen LogP contribution in [0.25, 0.3) is 11.1 Å². The van der Waals surface area contributed by atoms with E-state index in [4.69, 9.17) is 9.84 Å². The van der Waals surface area contributed by atoms with Gasteiger partial charge in [0.1, 0.15) is 5.75 Å². The highest BCUT2D eigenvalue weighted by molar-refractivity contribution is 5.95. The van der Waals surface area contributed by atoms with Crippen LogP contribution in [0.5, 0.6) is 5.75 Å².